The average Bonchev–Trinajstić information content (AvgIpc) is 3.37. The minimum absolute atomic E-state index is 0.00941. The molecule has 9 nitrogen and oxygen atoms in total. The summed E-state index contributed by atoms with van der Waals surface area (Å²) < 4.78 is 24.2. The molecule has 1 aliphatic heterocycles. The molecule has 6 rings (SSSR count). The van der Waals surface area contributed by atoms with E-state index in [1.807, 2.05) is 43.0 Å². The zero-order chi connectivity index (χ0) is 29.7. The smallest absolute Gasteiger partial charge is 0.324 e. The van der Waals surface area contributed by atoms with E-state index in [1.165, 1.54) is 18.3 Å². The van der Waals surface area contributed by atoms with Gasteiger partial charge < -0.3 is 19.6 Å². The summed E-state index contributed by atoms with van der Waals surface area (Å²) in [5.74, 6) is -0.0254. The molecule has 1 aliphatic rings. The van der Waals surface area contributed by atoms with Gasteiger partial charge in [-0.3, -0.25) is 9.48 Å². The van der Waals surface area contributed by atoms with Crippen LogP contribution in [0.3, 0.4) is 0 Å². The molecule has 2 aromatic heterocycles. The van der Waals surface area contributed by atoms with Crippen molar-refractivity contribution in [3.8, 4) is 28.6 Å². The molecular formula is C31H28ClFN6O3. The lowest BCUT2D eigenvalue weighted by molar-refractivity contribution is -0.128. The van der Waals surface area contributed by atoms with E-state index in [4.69, 9.17) is 21.3 Å². The number of phenolic OH excluding ortho intramolecular Hbond substituents is 1. The van der Waals surface area contributed by atoms with Gasteiger partial charge in [-0.2, -0.15) is 15.1 Å². The largest absolute Gasteiger partial charge is 0.508 e. The number of phenols is 1. The molecule has 1 amide bonds. The van der Waals surface area contributed by atoms with Crippen LogP contribution in [-0.4, -0.2) is 60.8 Å². The number of hydrogen-bond acceptors (Lipinski definition) is 7. The van der Waals surface area contributed by atoms with Crippen molar-refractivity contribution in [2.75, 3.05) is 18.0 Å². The maximum absolute atomic E-state index is 16.7. The Bertz CT molecular complexity index is 1880. The SMILES string of the molecule is C=CC(=O)N1C[C@H](C)N(c2nc(Oc3cnn(C)c3)nc3c(F)c(-c4cc(O)cc5ccccc45)c(Cl)cc23)C[C@H]1C. The second-order valence-corrected chi connectivity index (χ2v) is 10.9. The third kappa shape index (κ3) is 4.77. The molecule has 1 fully saturated rings. The fourth-order valence-electron chi connectivity index (χ4n) is 5.58. The third-order valence-corrected chi connectivity index (χ3v) is 7.86. The van der Waals surface area contributed by atoms with Gasteiger partial charge in [0.2, 0.25) is 5.91 Å². The molecule has 11 heteroatoms. The number of carbonyl (C=O) groups is 1. The second kappa shape index (κ2) is 10.6. The quantitative estimate of drug-likeness (QED) is 0.249. The van der Waals surface area contributed by atoms with E-state index in [0.29, 0.717) is 35.6 Å². The molecule has 0 unspecified atom stereocenters. The number of ether oxygens (including phenoxy) is 1. The first kappa shape index (κ1) is 27.5. The van der Waals surface area contributed by atoms with Gasteiger partial charge in [-0.05, 0) is 54.5 Å². The van der Waals surface area contributed by atoms with Gasteiger partial charge in [0.05, 0.1) is 17.4 Å². The minimum Gasteiger partial charge on any atom is -0.508 e. The number of aryl methyl sites for hydroxylation is 1. The third-order valence-electron chi connectivity index (χ3n) is 7.56. The van der Waals surface area contributed by atoms with Crippen molar-refractivity contribution in [2.45, 2.75) is 25.9 Å². The Kier molecular flexibility index (Phi) is 6.94. The zero-order valence-electron chi connectivity index (χ0n) is 23.3. The van der Waals surface area contributed by atoms with Crippen molar-refractivity contribution in [1.82, 2.24) is 24.6 Å². The van der Waals surface area contributed by atoms with E-state index in [9.17, 15) is 9.90 Å². The molecule has 1 N–H and O–H groups in total. The van der Waals surface area contributed by atoms with Crippen LogP contribution in [-0.2, 0) is 11.8 Å². The Labute approximate surface area is 246 Å². The molecule has 3 heterocycles. The highest BCUT2D eigenvalue weighted by Gasteiger charge is 2.34. The summed E-state index contributed by atoms with van der Waals surface area (Å²) >= 11 is 6.83. The fourth-order valence-corrected chi connectivity index (χ4v) is 5.87. The number of carbonyl (C=O) groups excluding carboxylic acids is 1. The standard InChI is InChI=1S/C31H28ClFN6O3/c1-5-26(41)38-14-18(3)39(15-17(38)2)30-24-12-25(32)27(23-11-20(40)10-19-8-6-7-9-22(19)23)28(33)29(24)35-31(36-30)42-21-13-34-37(4)16-21/h5-13,16-18,40H,1,14-15H2,2-4H3/t17-,18+/m1/s1. The van der Waals surface area contributed by atoms with Gasteiger partial charge in [-0.25, -0.2) is 4.39 Å². The van der Waals surface area contributed by atoms with Crippen LogP contribution >= 0.6 is 11.6 Å². The summed E-state index contributed by atoms with van der Waals surface area (Å²) in [6, 6.07) is 11.7. The summed E-state index contributed by atoms with van der Waals surface area (Å²) in [5, 5.41) is 16.6. The first-order valence-corrected chi connectivity index (χ1v) is 13.8. The molecule has 0 spiro atoms. The predicted molar refractivity (Wildman–Crippen MR) is 161 cm³/mol. The fraction of sp³-hybridized carbons (Fsp3) is 0.226. The van der Waals surface area contributed by atoms with Crippen LogP contribution in [0.4, 0.5) is 10.2 Å². The number of nitrogens with zero attached hydrogens (tertiary/aromatic N) is 6. The predicted octanol–water partition coefficient (Wildman–Crippen LogP) is 6.09. The topological polar surface area (TPSA) is 96.6 Å². The maximum atomic E-state index is 16.7. The second-order valence-electron chi connectivity index (χ2n) is 10.5. The number of anilines is 1. The molecule has 42 heavy (non-hydrogen) atoms. The number of amides is 1. The maximum Gasteiger partial charge on any atom is 0.324 e. The van der Waals surface area contributed by atoms with Gasteiger partial charge in [-0.1, -0.05) is 42.4 Å². The van der Waals surface area contributed by atoms with E-state index >= 15 is 4.39 Å². The molecule has 2 atom stereocenters. The molecule has 0 radical (unpaired) electrons. The summed E-state index contributed by atoms with van der Waals surface area (Å²) in [4.78, 5) is 25.4. The lowest BCUT2D eigenvalue weighted by Crippen LogP contribution is -2.58. The number of aromatic nitrogens is 4. The Hall–Kier alpha value is -4.70. The van der Waals surface area contributed by atoms with Crippen LogP contribution in [0.2, 0.25) is 5.02 Å². The highest BCUT2D eigenvalue weighted by molar-refractivity contribution is 6.35. The van der Waals surface area contributed by atoms with Crippen LogP contribution < -0.4 is 9.64 Å². The number of hydrogen-bond donors (Lipinski definition) is 1. The Morgan fingerprint density at radius 1 is 1.14 bits per heavy atom. The Morgan fingerprint density at radius 2 is 1.93 bits per heavy atom. The van der Waals surface area contributed by atoms with Crippen molar-refractivity contribution in [2.24, 2.45) is 7.05 Å². The minimum atomic E-state index is -0.672. The van der Waals surface area contributed by atoms with Crippen molar-refractivity contribution < 1.29 is 19.0 Å². The molecule has 1 saturated heterocycles. The summed E-state index contributed by atoms with van der Waals surface area (Å²) in [6.45, 7) is 8.38. The summed E-state index contributed by atoms with van der Waals surface area (Å²) in [6.07, 6.45) is 4.47. The first-order valence-electron chi connectivity index (χ1n) is 13.4. The molecule has 0 saturated carbocycles. The first-order chi connectivity index (χ1) is 20.1. The molecule has 5 aromatic rings. The number of aromatic hydroxyl groups is 1. The molecule has 214 valence electrons. The van der Waals surface area contributed by atoms with E-state index in [1.54, 1.807) is 35.0 Å². The number of fused-ring (bicyclic) bond motifs is 2. The van der Waals surface area contributed by atoms with E-state index in [0.717, 1.165) is 10.8 Å². The van der Waals surface area contributed by atoms with Gasteiger partial charge in [0.1, 0.15) is 17.1 Å². The number of piperazine rings is 1. The van der Waals surface area contributed by atoms with Crippen LogP contribution in [0.15, 0.2) is 67.5 Å². The lowest BCUT2D eigenvalue weighted by atomic mass is 9.96. The lowest BCUT2D eigenvalue weighted by Gasteiger charge is -2.44. The molecule has 0 bridgehead atoms. The van der Waals surface area contributed by atoms with Crippen molar-refractivity contribution in [1.29, 1.82) is 0 Å². The van der Waals surface area contributed by atoms with Gasteiger partial charge in [0.25, 0.3) is 0 Å². The van der Waals surface area contributed by atoms with Crippen molar-refractivity contribution >= 4 is 45.0 Å². The average molecular weight is 587 g/mol. The van der Waals surface area contributed by atoms with Crippen LogP contribution in [0.5, 0.6) is 17.5 Å². The van der Waals surface area contributed by atoms with E-state index < -0.39 is 5.82 Å². The summed E-state index contributed by atoms with van der Waals surface area (Å²) in [7, 11) is 1.75. The monoisotopic (exact) mass is 586 g/mol. The number of halogens is 2. The van der Waals surface area contributed by atoms with E-state index in [-0.39, 0.29) is 45.9 Å². The highest BCUT2D eigenvalue weighted by atomic mass is 35.5. The Morgan fingerprint density at radius 3 is 2.67 bits per heavy atom. The van der Waals surface area contributed by atoms with Gasteiger partial charge >= 0.3 is 6.01 Å². The van der Waals surface area contributed by atoms with Crippen LogP contribution in [0, 0.1) is 5.82 Å². The molecular weight excluding hydrogens is 559 g/mol. The molecule has 3 aromatic carbocycles. The number of benzene rings is 3. The van der Waals surface area contributed by atoms with Gasteiger partial charge in [0.15, 0.2) is 11.6 Å². The normalized spacial score (nSPS) is 17.2. The van der Waals surface area contributed by atoms with Gasteiger partial charge in [0, 0.05) is 43.2 Å². The molecule has 0 aliphatic carbocycles. The van der Waals surface area contributed by atoms with E-state index in [2.05, 4.69) is 16.7 Å². The summed E-state index contributed by atoms with van der Waals surface area (Å²) in [5.41, 5.74) is 0.551. The van der Waals surface area contributed by atoms with Gasteiger partial charge in [-0.15, -0.1) is 0 Å². The zero-order valence-corrected chi connectivity index (χ0v) is 24.0. The number of rotatable bonds is 5. The van der Waals surface area contributed by atoms with Crippen LogP contribution in [0.25, 0.3) is 32.8 Å². The van der Waals surface area contributed by atoms with Crippen molar-refractivity contribution in [3.05, 3.63) is 78.4 Å². The highest BCUT2D eigenvalue weighted by Crippen LogP contribution is 2.43. The van der Waals surface area contributed by atoms with Crippen molar-refractivity contribution in [3.63, 3.8) is 0 Å². The van der Waals surface area contributed by atoms with Crippen LogP contribution in [0.1, 0.15) is 13.8 Å². The Balaban J connectivity index is 1.56.